The van der Waals surface area contributed by atoms with E-state index in [1.165, 1.54) is 10.1 Å². The summed E-state index contributed by atoms with van der Waals surface area (Å²) in [5.41, 5.74) is 2.63. The number of para-hydroxylation sites is 3. The van der Waals surface area contributed by atoms with Crippen LogP contribution in [-0.2, 0) is 17.8 Å². The number of aryl methyl sites for hydroxylation is 1. The van der Waals surface area contributed by atoms with Crippen LogP contribution in [0.15, 0.2) is 82.6 Å². The molecule has 2 aromatic heterocycles. The molecule has 0 radical (unpaired) electrons. The van der Waals surface area contributed by atoms with Crippen LogP contribution >= 0.6 is 0 Å². The molecule has 0 aliphatic carbocycles. The number of carbonyl (C=O) groups is 1. The maximum absolute atomic E-state index is 12.9. The maximum atomic E-state index is 12.9. The number of amides is 1. The number of benzene rings is 2. The van der Waals surface area contributed by atoms with Crippen molar-refractivity contribution >= 4 is 28.2 Å². The molecular formula is C28H30N6O3. The number of aromatic nitrogens is 3. The van der Waals surface area contributed by atoms with Crippen molar-refractivity contribution in [2.24, 2.45) is 0 Å². The normalized spacial score (nSPS) is 14.1. The van der Waals surface area contributed by atoms with Crippen molar-refractivity contribution < 1.29 is 4.79 Å². The Bertz CT molecular complexity index is 1490. The van der Waals surface area contributed by atoms with Gasteiger partial charge in [-0.05, 0) is 48.4 Å². The summed E-state index contributed by atoms with van der Waals surface area (Å²) in [4.78, 5) is 48.5. The lowest BCUT2D eigenvalue weighted by atomic mass is 10.1. The van der Waals surface area contributed by atoms with E-state index >= 15 is 0 Å². The van der Waals surface area contributed by atoms with Gasteiger partial charge in [0.1, 0.15) is 0 Å². The van der Waals surface area contributed by atoms with Gasteiger partial charge >= 0.3 is 5.69 Å². The van der Waals surface area contributed by atoms with Gasteiger partial charge in [-0.15, -0.1) is 0 Å². The first-order valence-electron chi connectivity index (χ1n) is 12.6. The quantitative estimate of drug-likeness (QED) is 0.387. The molecule has 190 valence electrons. The van der Waals surface area contributed by atoms with Crippen molar-refractivity contribution in [2.75, 3.05) is 42.9 Å². The highest BCUT2D eigenvalue weighted by Gasteiger charge is 2.20. The molecule has 0 spiro atoms. The van der Waals surface area contributed by atoms with Crippen LogP contribution in [0, 0.1) is 0 Å². The number of aromatic amines is 1. The lowest BCUT2D eigenvalue weighted by molar-refractivity contribution is -0.116. The molecule has 1 aliphatic rings. The van der Waals surface area contributed by atoms with Crippen molar-refractivity contribution in [1.82, 2.24) is 19.4 Å². The van der Waals surface area contributed by atoms with E-state index in [2.05, 4.69) is 37.2 Å². The average Bonchev–Trinajstić information content (AvgIpc) is 2.93. The predicted octanol–water partition coefficient (Wildman–Crippen LogP) is 2.48. The van der Waals surface area contributed by atoms with Gasteiger partial charge in [0.2, 0.25) is 5.91 Å². The first-order valence-corrected chi connectivity index (χ1v) is 12.6. The fourth-order valence-electron chi connectivity index (χ4n) is 4.79. The summed E-state index contributed by atoms with van der Waals surface area (Å²) in [7, 11) is 0. The molecule has 5 rings (SSSR count). The fourth-order valence-corrected chi connectivity index (χ4v) is 4.79. The average molecular weight is 499 g/mol. The summed E-state index contributed by atoms with van der Waals surface area (Å²) in [6.07, 6.45) is 4.77. The first kappa shape index (κ1) is 24.5. The number of piperazine rings is 1. The van der Waals surface area contributed by atoms with Gasteiger partial charge in [-0.1, -0.05) is 24.3 Å². The predicted molar refractivity (Wildman–Crippen MR) is 145 cm³/mol. The third-order valence-electron chi connectivity index (χ3n) is 6.82. The Hall–Kier alpha value is -4.24. The fraction of sp³-hybridized carbons (Fsp3) is 0.286. The Labute approximate surface area is 214 Å². The Morgan fingerprint density at radius 1 is 0.892 bits per heavy atom. The first-order chi connectivity index (χ1) is 18.1. The van der Waals surface area contributed by atoms with Crippen LogP contribution < -0.4 is 21.5 Å². The monoisotopic (exact) mass is 498 g/mol. The number of hydrogen-bond acceptors (Lipinski definition) is 6. The van der Waals surface area contributed by atoms with Crippen LogP contribution in [0.1, 0.15) is 12.0 Å². The molecule has 0 atom stereocenters. The third kappa shape index (κ3) is 5.78. The lowest BCUT2D eigenvalue weighted by Crippen LogP contribution is -2.47. The number of carbonyl (C=O) groups excluding carboxylic acids is 1. The highest BCUT2D eigenvalue weighted by atomic mass is 16.2. The van der Waals surface area contributed by atoms with E-state index in [9.17, 15) is 14.4 Å². The number of nitrogens with zero attached hydrogens (tertiary/aromatic N) is 4. The van der Waals surface area contributed by atoms with E-state index in [0.717, 1.165) is 50.5 Å². The molecule has 0 saturated carbocycles. The van der Waals surface area contributed by atoms with Gasteiger partial charge in [0.05, 0.1) is 22.3 Å². The smallest absolute Gasteiger partial charge is 0.328 e. The Kier molecular flexibility index (Phi) is 7.41. The van der Waals surface area contributed by atoms with Gasteiger partial charge in [0.25, 0.3) is 5.56 Å². The molecule has 1 aliphatic heterocycles. The topological polar surface area (TPSA) is 103 Å². The summed E-state index contributed by atoms with van der Waals surface area (Å²) < 4.78 is 1.44. The van der Waals surface area contributed by atoms with Crippen molar-refractivity contribution in [1.29, 1.82) is 0 Å². The molecule has 0 bridgehead atoms. The molecule has 2 aromatic carbocycles. The highest BCUT2D eigenvalue weighted by molar-refractivity contribution is 5.94. The largest absolute Gasteiger partial charge is 0.367 e. The minimum atomic E-state index is -0.515. The molecule has 0 unspecified atom stereocenters. The SMILES string of the molecule is O=C(CCn1c(=O)[nH]c(=O)c2ccccc21)Nc1ccccc1N1CCN(CCc2ccncc2)CC1. The van der Waals surface area contributed by atoms with E-state index in [1.807, 2.05) is 36.7 Å². The number of nitrogens with one attached hydrogen (secondary N) is 2. The molecule has 37 heavy (non-hydrogen) atoms. The van der Waals surface area contributed by atoms with Crippen molar-refractivity contribution in [2.45, 2.75) is 19.4 Å². The number of rotatable bonds is 8. The van der Waals surface area contributed by atoms with Gasteiger partial charge in [0, 0.05) is 58.1 Å². The van der Waals surface area contributed by atoms with Crippen LogP contribution in [0.3, 0.4) is 0 Å². The van der Waals surface area contributed by atoms with Crippen LogP contribution in [0.2, 0.25) is 0 Å². The van der Waals surface area contributed by atoms with E-state index in [4.69, 9.17) is 0 Å². The van der Waals surface area contributed by atoms with Crippen molar-refractivity contribution in [3.05, 3.63) is 99.5 Å². The summed E-state index contributed by atoms with van der Waals surface area (Å²) in [6, 6.07) is 18.8. The lowest BCUT2D eigenvalue weighted by Gasteiger charge is -2.37. The van der Waals surface area contributed by atoms with Crippen LogP contribution in [-0.4, -0.2) is 58.1 Å². The maximum Gasteiger partial charge on any atom is 0.328 e. The molecule has 4 aromatic rings. The van der Waals surface area contributed by atoms with Gasteiger partial charge < -0.3 is 10.2 Å². The number of H-pyrrole nitrogens is 1. The zero-order valence-electron chi connectivity index (χ0n) is 20.6. The Morgan fingerprint density at radius 3 is 2.43 bits per heavy atom. The molecule has 2 N–H and O–H groups in total. The van der Waals surface area contributed by atoms with Crippen LogP contribution in [0.5, 0.6) is 0 Å². The number of pyridine rings is 1. The van der Waals surface area contributed by atoms with Gasteiger partial charge in [-0.25, -0.2) is 4.79 Å². The highest BCUT2D eigenvalue weighted by Crippen LogP contribution is 2.27. The van der Waals surface area contributed by atoms with Gasteiger partial charge in [0.15, 0.2) is 0 Å². The zero-order chi connectivity index (χ0) is 25.6. The van der Waals surface area contributed by atoms with Gasteiger partial charge in [-0.2, -0.15) is 0 Å². The summed E-state index contributed by atoms with van der Waals surface area (Å²) in [5.74, 6) is -0.189. The zero-order valence-corrected chi connectivity index (χ0v) is 20.6. The van der Waals surface area contributed by atoms with Crippen molar-refractivity contribution in [3.8, 4) is 0 Å². The minimum absolute atomic E-state index is 0.104. The summed E-state index contributed by atoms with van der Waals surface area (Å²) >= 11 is 0. The van der Waals surface area contributed by atoms with E-state index in [0.29, 0.717) is 10.9 Å². The Balaban J connectivity index is 1.19. The van der Waals surface area contributed by atoms with E-state index in [-0.39, 0.29) is 18.9 Å². The summed E-state index contributed by atoms with van der Waals surface area (Å²) in [5, 5.41) is 3.45. The second-order valence-corrected chi connectivity index (χ2v) is 9.18. The second-order valence-electron chi connectivity index (χ2n) is 9.18. The number of fused-ring (bicyclic) bond motifs is 1. The van der Waals surface area contributed by atoms with Gasteiger partial charge in [-0.3, -0.25) is 29.0 Å². The van der Waals surface area contributed by atoms with Crippen LogP contribution in [0.25, 0.3) is 10.9 Å². The van der Waals surface area contributed by atoms with E-state index in [1.54, 1.807) is 24.3 Å². The third-order valence-corrected chi connectivity index (χ3v) is 6.82. The van der Waals surface area contributed by atoms with Crippen LogP contribution in [0.4, 0.5) is 11.4 Å². The number of anilines is 2. The molecule has 1 fully saturated rings. The summed E-state index contributed by atoms with van der Waals surface area (Å²) in [6.45, 7) is 4.84. The number of hydrogen-bond donors (Lipinski definition) is 2. The molecule has 9 heteroatoms. The molecule has 1 saturated heterocycles. The molecule has 9 nitrogen and oxygen atoms in total. The second kappa shape index (κ2) is 11.2. The van der Waals surface area contributed by atoms with E-state index < -0.39 is 11.2 Å². The van der Waals surface area contributed by atoms with Crippen molar-refractivity contribution in [3.63, 3.8) is 0 Å². The minimum Gasteiger partial charge on any atom is -0.367 e. The molecule has 3 heterocycles. The molecule has 1 amide bonds. The Morgan fingerprint density at radius 2 is 1.62 bits per heavy atom. The standard InChI is InChI=1S/C28H30N6O3/c35-26(12-16-34-24-7-3-1-5-22(24)27(36)31-28(34)37)30-23-6-2-4-8-25(23)33-19-17-32(18-20-33)15-11-21-9-13-29-14-10-21/h1-10,13-14H,11-12,15-20H2,(H,30,35)(H,31,36,37). The molecular weight excluding hydrogens is 468 g/mol.